The minimum atomic E-state index is -0.138. The normalized spacial score (nSPS) is 16.2. The first-order chi connectivity index (χ1) is 9.67. The van der Waals surface area contributed by atoms with Crippen molar-refractivity contribution in [1.82, 2.24) is 5.32 Å². The second-order valence-electron chi connectivity index (χ2n) is 4.91. The molecule has 6 heteroatoms. The molecule has 0 spiro atoms. The number of rotatable bonds is 3. The van der Waals surface area contributed by atoms with Gasteiger partial charge in [0.2, 0.25) is 0 Å². The van der Waals surface area contributed by atoms with Crippen molar-refractivity contribution in [2.24, 2.45) is 5.73 Å². The number of nitrogens with one attached hydrogen (secondary N) is 1. The first kappa shape index (κ1) is 15.9. The van der Waals surface area contributed by atoms with Crippen molar-refractivity contribution in [2.45, 2.75) is 25.4 Å². The lowest BCUT2D eigenvalue weighted by Crippen LogP contribution is -2.26. The molecule has 1 amide bonds. The monoisotopic (exact) mass is 326 g/mol. The van der Waals surface area contributed by atoms with Crippen molar-refractivity contribution in [3.05, 3.63) is 58.0 Å². The SMILES string of the molecule is Cl.NCc1cc(C(=O)NC2CCc3cc(Cl)ccc32)co1. The number of furan rings is 1. The second kappa shape index (κ2) is 6.52. The van der Waals surface area contributed by atoms with Gasteiger partial charge < -0.3 is 15.5 Å². The molecule has 2 aromatic rings. The van der Waals surface area contributed by atoms with E-state index in [9.17, 15) is 4.79 Å². The fourth-order valence-corrected chi connectivity index (χ4v) is 2.78. The van der Waals surface area contributed by atoms with E-state index in [0.29, 0.717) is 11.3 Å². The Morgan fingerprint density at radius 2 is 2.24 bits per heavy atom. The number of carbonyl (C=O) groups is 1. The fourth-order valence-electron chi connectivity index (χ4n) is 2.58. The molecule has 21 heavy (non-hydrogen) atoms. The van der Waals surface area contributed by atoms with Gasteiger partial charge in [0, 0.05) is 5.02 Å². The Hall–Kier alpha value is -1.49. The Bertz CT molecular complexity index is 655. The van der Waals surface area contributed by atoms with Crippen molar-refractivity contribution in [3.63, 3.8) is 0 Å². The molecule has 1 aromatic carbocycles. The number of amides is 1. The van der Waals surface area contributed by atoms with Gasteiger partial charge in [-0.2, -0.15) is 0 Å². The summed E-state index contributed by atoms with van der Waals surface area (Å²) in [4.78, 5) is 12.2. The number of nitrogens with two attached hydrogens (primary N) is 1. The van der Waals surface area contributed by atoms with Crippen LogP contribution in [0, 0.1) is 0 Å². The highest BCUT2D eigenvalue weighted by Gasteiger charge is 2.24. The maximum Gasteiger partial charge on any atom is 0.255 e. The number of aryl methyl sites for hydroxylation is 1. The van der Waals surface area contributed by atoms with E-state index in [1.807, 2.05) is 18.2 Å². The van der Waals surface area contributed by atoms with Crippen LogP contribution < -0.4 is 11.1 Å². The quantitative estimate of drug-likeness (QED) is 0.909. The third kappa shape index (κ3) is 3.23. The minimum absolute atomic E-state index is 0. The number of carbonyl (C=O) groups excluding carboxylic acids is 1. The molecule has 4 nitrogen and oxygen atoms in total. The van der Waals surface area contributed by atoms with E-state index in [2.05, 4.69) is 5.32 Å². The predicted molar refractivity (Wildman–Crippen MR) is 83.8 cm³/mol. The molecule has 1 aliphatic rings. The summed E-state index contributed by atoms with van der Waals surface area (Å²) in [5.74, 6) is 0.468. The summed E-state index contributed by atoms with van der Waals surface area (Å²) >= 11 is 5.98. The Morgan fingerprint density at radius 1 is 1.43 bits per heavy atom. The van der Waals surface area contributed by atoms with Gasteiger partial charge in [0.15, 0.2) is 0 Å². The second-order valence-corrected chi connectivity index (χ2v) is 5.35. The topological polar surface area (TPSA) is 68.3 Å². The van der Waals surface area contributed by atoms with Crippen molar-refractivity contribution in [1.29, 1.82) is 0 Å². The maximum absolute atomic E-state index is 12.2. The van der Waals surface area contributed by atoms with Gasteiger partial charge in [0.1, 0.15) is 12.0 Å². The minimum Gasteiger partial charge on any atom is -0.467 e. The number of fused-ring (bicyclic) bond motifs is 1. The lowest BCUT2D eigenvalue weighted by Gasteiger charge is -2.13. The van der Waals surface area contributed by atoms with E-state index < -0.39 is 0 Å². The third-order valence-corrected chi connectivity index (χ3v) is 3.84. The molecule has 1 unspecified atom stereocenters. The van der Waals surface area contributed by atoms with E-state index in [-0.39, 0.29) is 30.9 Å². The highest BCUT2D eigenvalue weighted by molar-refractivity contribution is 6.30. The van der Waals surface area contributed by atoms with Crippen LogP contribution >= 0.6 is 24.0 Å². The van der Waals surface area contributed by atoms with Crippen molar-refractivity contribution >= 4 is 29.9 Å². The van der Waals surface area contributed by atoms with Crippen LogP contribution in [0.15, 0.2) is 34.9 Å². The van der Waals surface area contributed by atoms with Gasteiger partial charge in [-0.3, -0.25) is 4.79 Å². The molecule has 1 atom stereocenters. The smallest absolute Gasteiger partial charge is 0.255 e. The van der Waals surface area contributed by atoms with Crippen LogP contribution in [0.1, 0.15) is 39.7 Å². The lowest BCUT2D eigenvalue weighted by molar-refractivity contribution is 0.0936. The average Bonchev–Trinajstić information content (AvgIpc) is 3.05. The summed E-state index contributed by atoms with van der Waals surface area (Å²) in [6.07, 6.45) is 3.26. The van der Waals surface area contributed by atoms with Crippen molar-refractivity contribution < 1.29 is 9.21 Å². The molecule has 0 bridgehead atoms. The van der Waals surface area contributed by atoms with Crippen LogP contribution in [0.25, 0.3) is 0 Å². The Morgan fingerprint density at radius 3 is 2.95 bits per heavy atom. The number of benzene rings is 1. The molecule has 1 heterocycles. The van der Waals surface area contributed by atoms with Gasteiger partial charge in [0.25, 0.3) is 5.91 Å². The van der Waals surface area contributed by atoms with Gasteiger partial charge in [-0.05, 0) is 42.2 Å². The molecule has 1 aliphatic carbocycles. The Kier molecular flexibility index (Phi) is 4.93. The average molecular weight is 327 g/mol. The van der Waals surface area contributed by atoms with Gasteiger partial charge in [-0.15, -0.1) is 12.4 Å². The van der Waals surface area contributed by atoms with E-state index in [4.69, 9.17) is 21.8 Å². The first-order valence-corrected chi connectivity index (χ1v) is 6.92. The fraction of sp³-hybridized carbons (Fsp3) is 0.267. The highest BCUT2D eigenvalue weighted by Crippen LogP contribution is 2.33. The Balaban J connectivity index is 0.00000161. The zero-order valence-electron chi connectivity index (χ0n) is 11.3. The molecule has 0 radical (unpaired) electrons. The molecule has 3 N–H and O–H groups in total. The van der Waals surface area contributed by atoms with Crippen LogP contribution in [0.4, 0.5) is 0 Å². The van der Waals surface area contributed by atoms with Crippen molar-refractivity contribution in [2.75, 3.05) is 0 Å². The van der Waals surface area contributed by atoms with Crippen LogP contribution in [0.5, 0.6) is 0 Å². The van der Waals surface area contributed by atoms with Crippen LogP contribution in [-0.2, 0) is 13.0 Å². The van der Waals surface area contributed by atoms with Crippen LogP contribution in [-0.4, -0.2) is 5.91 Å². The van der Waals surface area contributed by atoms with Gasteiger partial charge >= 0.3 is 0 Å². The van der Waals surface area contributed by atoms with E-state index in [1.54, 1.807) is 6.07 Å². The molecular formula is C15H16Cl2N2O2. The molecule has 112 valence electrons. The summed E-state index contributed by atoms with van der Waals surface area (Å²) in [6, 6.07) is 7.51. The molecule has 1 aromatic heterocycles. The summed E-state index contributed by atoms with van der Waals surface area (Å²) < 4.78 is 5.18. The van der Waals surface area contributed by atoms with Gasteiger partial charge in [-0.25, -0.2) is 0 Å². The number of hydrogen-bond acceptors (Lipinski definition) is 3. The third-order valence-electron chi connectivity index (χ3n) is 3.61. The van der Waals surface area contributed by atoms with Crippen LogP contribution in [0.2, 0.25) is 5.02 Å². The molecular weight excluding hydrogens is 311 g/mol. The summed E-state index contributed by atoms with van der Waals surface area (Å²) in [7, 11) is 0. The van der Waals surface area contributed by atoms with E-state index in [0.717, 1.165) is 23.4 Å². The summed E-state index contributed by atoms with van der Waals surface area (Å²) in [6.45, 7) is 0.290. The molecule has 0 aliphatic heterocycles. The zero-order valence-corrected chi connectivity index (χ0v) is 12.8. The van der Waals surface area contributed by atoms with Gasteiger partial charge in [0.05, 0.1) is 18.2 Å². The maximum atomic E-state index is 12.2. The van der Waals surface area contributed by atoms with E-state index >= 15 is 0 Å². The number of halogens is 2. The molecule has 0 fully saturated rings. The lowest BCUT2D eigenvalue weighted by atomic mass is 10.1. The van der Waals surface area contributed by atoms with Crippen LogP contribution in [0.3, 0.4) is 0 Å². The predicted octanol–water partition coefficient (Wildman–Crippen LogP) is 3.23. The first-order valence-electron chi connectivity index (χ1n) is 6.54. The number of hydrogen-bond donors (Lipinski definition) is 2. The summed E-state index contributed by atoms with van der Waals surface area (Å²) in [5, 5.41) is 3.76. The van der Waals surface area contributed by atoms with Crippen molar-refractivity contribution in [3.8, 4) is 0 Å². The highest BCUT2D eigenvalue weighted by atomic mass is 35.5. The molecule has 0 saturated heterocycles. The summed E-state index contributed by atoms with van der Waals surface area (Å²) in [5.41, 5.74) is 8.32. The Labute approximate surface area is 134 Å². The van der Waals surface area contributed by atoms with E-state index in [1.165, 1.54) is 11.8 Å². The zero-order chi connectivity index (χ0) is 14.1. The van der Waals surface area contributed by atoms with Gasteiger partial charge in [-0.1, -0.05) is 17.7 Å². The largest absolute Gasteiger partial charge is 0.467 e. The standard InChI is InChI=1S/C15H15ClN2O2.ClH/c16-11-2-3-13-9(5-11)1-4-14(13)18-15(19)10-6-12(7-17)20-8-10;/h2-3,5-6,8,14H,1,4,7,17H2,(H,18,19);1H. The molecule has 3 rings (SSSR count). The molecule has 0 saturated carbocycles.